The molecular weight excluding hydrogens is 270 g/mol. The van der Waals surface area contributed by atoms with Gasteiger partial charge in [-0.15, -0.1) is 11.3 Å². The van der Waals surface area contributed by atoms with Crippen LogP contribution in [0.5, 0.6) is 5.75 Å². The van der Waals surface area contributed by atoms with Crippen molar-refractivity contribution in [1.82, 2.24) is 4.98 Å². The number of hydrogen-bond donors (Lipinski definition) is 2. The lowest BCUT2D eigenvalue weighted by Crippen LogP contribution is -2.11. The maximum Gasteiger partial charge on any atom is 0.140 e. The first-order valence-electron chi connectivity index (χ1n) is 6.68. The quantitative estimate of drug-likeness (QED) is 0.634. The van der Waals surface area contributed by atoms with E-state index in [2.05, 4.69) is 24.0 Å². The van der Waals surface area contributed by atoms with Crippen LogP contribution in [0.4, 0.5) is 0 Å². The van der Waals surface area contributed by atoms with E-state index in [1.54, 1.807) is 0 Å². The molecule has 2 rings (SSSR count). The van der Waals surface area contributed by atoms with Crippen LogP contribution in [-0.4, -0.2) is 10.8 Å². The summed E-state index contributed by atoms with van der Waals surface area (Å²) >= 11 is 1.43. The Labute approximate surface area is 123 Å². The van der Waals surface area contributed by atoms with Gasteiger partial charge in [-0.1, -0.05) is 26.0 Å². The fraction of sp³-hybridized carbons (Fsp3) is 0.333. The number of nitrogens with zero attached hydrogens (tertiary/aromatic N) is 1. The number of aryl methyl sites for hydroxylation is 2. The molecule has 1 aromatic heterocycles. The van der Waals surface area contributed by atoms with Crippen LogP contribution < -0.4 is 10.5 Å². The molecule has 0 spiro atoms. The number of ether oxygens (including phenoxy) is 1. The van der Waals surface area contributed by atoms with Crippen molar-refractivity contribution in [2.45, 2.75) is 33.3 Å². The van der Waals surface area contributed by atoms with Crippen molar-refractivity contribution in [2.24, 2.45) is 5.73 Å². The van der Waals surface area contributed by atoms with Gasteiger partial charge in [-0.3, -0.25) is 5.41 Å². The molecule has 106 valence electrons. The van der Waals surface area contributed by atoms with E-state index >= 15 is 0 Å². The molecule has 0 fully saturated rings. The number of nitrogens with two attached hydrogens (primary N) is 1. The maximum absolute atomic E-state index is 7.54. The zero-order chi connectivity index (χ0) is 14.5. The van der Waals surface area contributed by atoms with Gasteiger partial charge in [0.25, 0.3) is 0 Å². The normalized spacial score (nSPS) is 10.5. The monoisotopic (exact) mass is 289 g/mol. The molecule has 2 aromatic rings. The van der Waals surface area contributed by atoms with Crippen LogP contribution >= 0.6 is 11.3 Å². The Kier molecular flexibility index (Phi) is 4.74. The maximum atomic E-state index is 7.54. The smallest absolute Gasteiger partial charge is 0.140 e. The van der Waals surface area contributed by atoms with Gasteiger partial charge in [-0.25, -0.2) is 4.98 Å². The molecule has 0 aliphatic carbocycles. The number of hydrogen-bond acceptors (Lipinski definition) is 4. The molecule has 0 unspecified atom stereocenters. The molecule has 0 bridgehead atoms. The number of benzene rings is 1. The summed E-state index contributed by atoms with van der Waals surface area (Å²) in [4.78, 5) is 5.23. The molecule has 0 amide bonds. The third kappa shape index (κ3) is 3.36. The van der Waals surface area contributed by atoms with Crippen LogP contribution in [0.1, 0.15) is 35.0 Å². The van der Waals surface area contributed by atoms with Crippen LogP contribution in [-0.2, 0) is 19.4 Å². The van der Waals surface area contributed by atoms with Gasteiger partial charge >= 0.3 is 0 Å². The molecule has 4 nitrogen and oxygen atoms in total. The van der Waals surface area contributed by atoms with Crippen molar-refractivity contribution in [2.75, 3.05) is 0 Å². The van der Waals surface area contributed by atoms with Crippen LogP contribution in [0.15, 0.2) is 24.3 Å². The average Bonchev–Trinajstić information content (AvgIpc) is 2.89. The summed E-state index contributed by atoms with van der Waals surface area (Å²) in [5.74, 6) is 0.915. The molecular formula is C15H19N3OS. The number of aromatic nitrogens is 1. The molecule has 20 heavy (non-hydrogen) atoms. The second-order valence-corrected chi connectivity index (χ2v) is 5.52. The fourth-order valence-electron chi connectivity index (χ4n) is 1.88. The van der Waals surface area contributed by atoms with Crippen LogP contribution in [0, 0.1) is 5.41 Å². The summed E-state index contributed by atoms with van der Waals surface area (Å²) in [5, 5.41) is 8.39. The van der Waals surface area contributed by atoms with Crippen molar-refractivity contribution >= 4 is 17.2 Å². The highest BCUT2D eigenvalue weighted by Crippen LogP contribution is 2.21. The topological polar surface area (TPSA) is 72.0 Å². The number of nitrogens with one attached hydrogen (secondary N) is 1. The summed E-state index contributed by atoms with van der Waals surface area (Å²) in [6, 6.07) is 8.07. The van der Waals surface area contributed by atoms with E-state index in [1.807, 2.05) is 19.1 Å². The van der Waals surface area contributed by atoms with Crippen molar-refractivity contribution in [3.05, 3.63) is 45.4 Å². The van der Waals surface area contributed by atoms with Crippen LogP contribution in [0.25, 0.3) is 0 Å². The predicted molar refractivity (Wildman–Crippen MR) is 82.7 cm³/mol. The SMILES string of the molecule is CCc1ccc(OCc2nc(CC)c(C(=N)N)s2)cc1. The Morgan fingerprint density at radius 1 is 1.25 bits per heavy atom. The Morgan fingerprint density at radius 2 is 1.95 bits per heavy atom. The van der Waals surface area contributed by atoms with Crippen LogP contribution in [0.2, 0.25) is 0 Å². The number of rotatable bonds is 6. The lowest BCUT2D eigenvalue weighted by Gasteiger charge is -2.04. The summed E-state index contributed by atoms with van der Waals surface area (Å²) < 4.78 is 5.72. The average molecular weight is 289 g/mol. The number of nitrogen functional groups attached to an aromatic ring is 1. The van der Waals surface area contributed by atoms with Crippen molar-refractivity contribution < 1.29 is 4.74 Å². The van der Waals surface area contributed by atoms with Crippen molar-refractivity contribution in [3.8, 4) is 5.75 Å². The Morgan fingerprint density at radius 3 is 2.45 bits per heavy atom. The predicted octanol–water partition coefficient (Wildman–Crippen LogP) is 3.13. The molecule has 1 aromatic carbocycles. The van der Waals surface area contributed by atoms with Gasteiger partial charge in [0.05, 0.1) is 10.6 Å². The van der Waals surface area contributed by atoms with E-state index in [9.17, 15) is 0 Å². The van der Waals surface area contributed by atoms with E-state index in [-0.39, 0.29) is 5.84 Å². The standard InChI is InChI=1S/C15H19N3OS/c1-3-10-5-7-11(8-6-10)19-9-13-18-12(4-2)14(20-13)15(16)17/h5-8H,3-4,9H2,1-2H3,(H3,16,17). The van der Waals surface area contributed by atoms with E-state index in [1.165, 1.54) is 16.9 Å². The Bertz CT molecular complexity index is 590. The zero-order valence-electron chi connectivity index (χ0n) is 11.8. The molecule has 0 saturated heterocycles. The van der Waals surface area contributed by atoms with E-state index in [4.69, 9.17) is 15.9 Å². The van der Waals surface area contributed by atoms with Gasteiger partial charge in [0, 0.05) is 0 Å². The second-order valence-electron chi connectivity index (χ2n) is 4.44. The highest BCUT2D eigenvalue weighted by Gasteiger charge is 2.12. The second kappa shape index (κ2) is 6.52. The molecule has 5 heteroatoms. The highest BCUT2D eigenvalue weighted by molar-refractivity contribution is 7.13. The van der Waals surface area contributed by atoms with E-state index < -0.39 is 0 Å². The minimum absolute atomic E-state index is 0.0814. The summed E-state index contributed by atoms with van der Waals surface area (Å²) in [5.41, 5.74) is 7.72. The lowest BCUT2D eigenvalue weighted by atomic mass is 10.2. The minimum atomic E-state index is 0.0814. The first-order chi connectivity index (χ1) is 9.63. The van der Waals surface area contributed by atoms with E-state index in [0.29, 0.717) is 6.61 Å². The van der Waals surface area contributed by atoms with Gasteiger partial charge in [0.2, 0.25) is 0 Å². The summed E-state index contributed by atoms with van der Waals surface area (Å²) in [7, 11) is 0. The third-order valence-electron chi connectivity index (χ3n) is 3.02. The van der Waals surface area contributed by atoms with Gasteiger partial charge in [0.1, 0.15) is 23.2 Å². The minimum Gasteiger partial charge on any atom is -0.486 e. The van der Waals surface area contributed by atoms with Gasteiger partial charge in [-0.05, 0) is 30.5 Å². The van der Waals surface area contributed by atoms with Crippen molar-refractivity contribution in [1.29, 1.82) is 5.41 Å². The molecule has 0 saturated carbocycles. The molecule has 0 aliphatic heterocycles. The molecule has 0 aliphatic rings. The number of thiazole rings is 1. The molecule has 1 heterocycles. The van der Waals surface area contributed by atoms with Gasteiger partial charge in [0.15, 0.2) is 0 Å². The first-order valence-corrected chi connectivity index (χ1v) is 7.50. The summed E-state index contributed by atoms with van der Waals surface area (Å²) in [6.07, 6.45) is 1.80. The highest BCUT2D eigenvalue weighted by atomic mass is 32.1. The zero-order valence-corrected chi connectivity index (χ0v) is 12.6. The lowest BCUT2D eigenvalue weighted by molar-refractivity contribution is 0.305. The van der Waals surface area contributed by atoms with Gasteiger partial charge < -0.3 is 10.5 Å². The summed E-state index contributed by atoms with van der Waals surface area (Å²) in [6.45, 7) is 4.55. The van der Waals surface area contributed by atoms with Crippen molar-refractivity contribution in [3.63, 3.8) is 0 Å². The van der Waals surface area contributed by atoms with Crippen LogP contribution in [0.3, 0.4) is 0 Å². The van der Waals surface area contributed by atoms with E-state index in [0.717, 1.165) is 34.2 Å². The fourth-order valence-corrected chi connectivity index (χ4v) is 2.81. The Balaban J connectivity index is 2.04. The number of amidine groups is 1. The largest absolute Gasteiger partial charge is 0.486 e. The molecule has 3 N–H and O–H groups in total. The first kappa shape index (κ1) is 14.5. The molecule has 0 atom stereocenters. The Hall–Kier alpha value is -1.88. The molecule has 0 radical (unpaired) electrons. The third-order valence-corrected chi connectivity index (χ3v) is 4.12. The van der Waals surface area contributed by atoms with Gasteiger partial charge in [-0.2, -0.15) is 0 Å².